The molecule has 2 heterocycles. The molecular formula is C16H27N3. The second kappa shape index (κ2) is 6.90. The van der Waals surface area contributed by atoms with Gasteiger partial charge >= 0.3 is 0 Å². The summed E-state index contributed by atoms with van der Waals surface area (Å²) in [5, 5.41) is 0. The van der Waals surface area contributed by atoms with Gasteiger partial charge in [0.15, 0.2) is 0 Å². The molecule has 1 fully saturated rings. The summed E-state index contributed by atoms with van der Waals surface area (Å²) in [4.78, 5) is 9.56. The summed E-state index contributed by atoms with van der Waals surface area (Å²) < 4.78 is 0. The van der Waals surface area contributed by atoms with Gasteiger partial charge < -0.3 is 4.90 Å². The molecule has 1 aliphatic heterocycles. The fourth-order valence-corrected chi connectivity index (χ4v) is 3.09. The number of likely N-dealkylation sites (tertiary alicyclic amines) is 1. The van der Waals surface area contributed by atoms with Crippen LogP contribution in [-0.4, -0.2) is 36.1 Å². The van der Waals surface area contributed by atoms with E-state index in [9.17, 15) is 0 Å². The third-order valence-electron chi connectivity index (χ3n) is 4.12. The van der Waals surface area contributed by atoms with Gasteiger partial charge in [0, 0.05) is 25.3 Å². The molecule has 0 saturated carbocycles. The van der Waals surface area contributed by atoms with Gasteiger partial charge in [-0.25, -0.2) is 4.98 Å². The maximum atomic E-state index is 4.66. The summed E-state index contributed by atoms with van der Waals surface area (Å²) in [5.74, 6) is 1.11. The lowest BCUT2D eigenvalue weighted by Gasteiger charge is -2.25. The number of anilines is 1. The third-order valence-corrected chi connectivity index (χ3v) is 4.12. The van der Waals surface area contributed by atoms with Crippen LogP contribution in [0.5, 0.6) is 0 Å². The first-order valence-electron chi connectivity index (χ1n) is 7.75. The van der Waals surface area contributed by atoms with Crippen LogP contribution in [-0.2, 0) is 0 Å². The molecule has 0 N–H and O–H groups in total. The minimum atomic E-state index is 0.596. The van der Waals surface area contributed by atoms with E-state index in [0.717, 1.165) is 18.9 Å². The Labute approximate surface area is 117 Å². The maximum absolute atomic E-state index is 4.66. The molecule has 0 aliphatic carbocycles. The van der Waals surface area contributed by atoms with Gasteiger partial charge in [-0.05, 0) is 57.8 Å². The second-order valence-electron chi connectivity index (χ2n) is 5.32. The molecule has 1 unspecified atom stereocenters. The highest BCUT2D eigenvalue weighted by Gasteiger charge is 2.25. The van der Waals surface area contributed by atoms with E-state index < -0.39 is 0 Å². The Morgan fingerprint density at radius 2 is 2.05 bits per heavy atom. The smallest absolute Gasteiger partial charge is 0.128 e. The molecule has 106 valence electrons. The Hall–Kier alpha value is -1.09. The molecule has 19 heavy (non-hydrogen) atoms. The summed E-state index contributed by atoms with van der Waals surface area (Å²) in [7, 11) is 0. The Balaban J connectivity index is 2.09. The zero-order valence-corrected chi connectivity index (χ0v) is 12.6. The van der Waals surface area contributed by atoms with Crippen molar-refractivity contribution in [2.45, 2.75) is 46.1 Å². The van der Waals surface area contributed by atoms with Gasteiger partial charge in [0.1, 0.15) is 5.82 Å². The first kappa shape index (κ1) is 14.3. The lowest BCUT2D eigenvalue weighted by Crippen LogP contribution is -2.25. The molecule has 1 saturated heterocycles. The molecule has 1 atom stereocenters. The van der Waals surface area contributed by atoms with E-state index in [2.05, 4.69) is 53.9 Å². The van der Waals surface area contributed by atoms with E-state index >= 15 is 0 Å². The number of hydrogen-bond acceptors (Lipinski definition) is 3. The average molecular weight is 261 g/mol. The molecule has 0 bridgehead atoms. The van der Waals surface area contributed by atoms with Crippen molar-refractivity contribution in [3.63, 3.8) is 0 Å². The zero-order chi connectivity index (χ0) is 13.7. The molecule has 0 radical (unpaired) electrons. The van der Waals surface area contributed by atoms with Gasteiger partial charge in [0.25, 0.3) is 0 Å². The van der Waals surface area contributed by atoms with Crippen molar-refractivity contribution in [2.24, 2.45) is 0 Å². The van der Waals surface area contributed by atoms with Gasteiger partial charge in [0.05, 0.1) is 0 Å². The molecule has 0 spiro atoms. The normalized spacial score (nSPS) is 19.8. The predicted molar refractivity (Wildman–Crippen MR) is 81.6 cm³/mol. The first-order chi connectivity index (χ1) is 9.30. The maximum Gasteiger partial charge on any atom is 0.128 e. The molecule has 1 aromatic heterocycles. The van der Waals surface area contributed by atoms with E-state index in [1.807, 2.05) is 0 Å². The van der Waals surface area contributed by atoms with E-state index in [1.165, 1.54) is 37.9 Å². The molecule has 0 amide bonds. The van der Waals surface area contributed by atoms with Crippen LogP contribution in [0.4, 0.5) is 5.82 Å². The van der Waals surface area contributed by atoms with Gasteiger partial charge in [-0.2, -0.15) is 0 Å². The number of hydrogen-bond donors (Lipinski definition) is 0. The molecule has 2 rings (SSSR count). The molecule has 3 heteroatoms. The number of nitrogens with zero attached hydrogens (tertiary/aromatic N) is 3. The highest BCUT2D eigenvalue weighted by molar-refractivity contribution is 5.39. The van der Waals surface area contributed by atoms with Crippen molar-refractivity contribution in [3.05, 3.63) is 23.9 Å². The summed E-state index contributed by atoms with van der Waals surface area (Å²) in [6, 6.07) is 5.06. The number of rotatable bonds is 6. The standard InChI is InChI=1S/C16H27N3/c1-4-11-19-12-7-8-15(19)14-9-10-16(17-13-14)18(5-2)6-3/h9-10,13,15H,4-8,11-12H2,1-3H3. The Morgan fingerprint density at radius 3 is 2.63 bits per heavy atom. The Morgan fingerprint density at radius 1 is 1.26 bits per heavy atom. The van der Waals surface area contributed by atoms with E-state index in [1.54, 1.807) is 0 Å². The number of pyridine rings is 1. The molecule has 1 aliphatic rings. The Bertz CT molecular complexity index is 370. The van der Waals surface area contributed by atoms with Crippen molar-refractivity contribution in [3.8, 4) is 0 Å². The quantitative estimate of drug-likeness (QED) is 0.781. The van der Waals surface area contributed by atoms with Crippen LogP contribution >= 0.6 is 0 Å². The van der Waals surface area contributed by atoms with Crippen LogP contribution in [0.3, 0.4) is 0 Å². The van der Waals surface area contributed by atoms with Crippen molar-refractivity contribution >= 4 is 5.82 Å². The van der Waals surface area contributed by atoms with Crippen molar-refractivity contribution in [1.82, 2.24) is 9.88 Å². The van der Waals surface area contributed by atoms with Crippen LogP contribution in [0, 0.1) is 0 Å². The summed E-state index contributed by atoms with van der Waals surface area (Å²) in [6.07, 6.45) is 5.93. The minimum absolute atomic E-state index is 0.596. The van der Waals surface area contributed by atoms with Crippen molar-refractivity contribution in [1.29, 1.82) is 0 Å². The first-order valence-corrected chi connectivity index (χ1v) is 7.75. The fraction of sp³-hybridized carbons (Fsp3) is 0.688. The highest BCUT2D eigenvalue weighted by Crippen LogP contribution is 2.31. The van der Waals surface area contributed by atoms with Crippen LogP contribution in [0.25, 0.3) is 0 Å². The van der Waals surface area contributed by atoms with E-state index in [4.69, 9.17) is 0 Å². The Kier molecular flexibility index (Phi) is 5.20. The van der Waals surface area contributed by atoms with Crippen LogP contribution in [0.2, 0.25) is 0 Å². The molecule has 1 aromatic rings. The summed E-state index contributed by atoms with van der Waals surface area (Å²) in [5.41, 5.74) is 1.39. The predicted octanol–water partition coefficient (Wildman–Crippen LogP) is 3.47. The van der Waals surface area contributed by atoms with Gasteiger partial charge in [-0.15, -0.1) is 0 Å². The van der Waals surface area contributed by atoms with Crippen LogP contribution < -0.4 is 4.90 Å². The number of aromatic nitrogens is 1. The lowest BCUT2D eigenvalue weighted by atomic mass is 10.1. The van der Waals surface area contributed by atoms with Crippen molar-refractivity contribution < 1.29 is 0 Å². The van der Waals surface area contributed by atoms with E-state index in [-0.39, 0.29) is 0 Å². The molecule has 0 aromatic carbocycles. The van der Waals surface area contributed by atoms with Gasteiger partial charge in [-0.3, -0.25) is 4.90 Å². The average Bonchev–Trinajstić information content (AvgIpc) is 2.90. The third kappa shape index (κ3) is 3.27. The second-order valence-corrected chi connectivity index (χ2v) is 5.32. The zero-order valence-electron chi connectivity index (χ0n) is 12.6. The van der Waals surface area contributed by atoms with E-state index in [0.29, 0.717) is 6.04 Å². The van der Waals surface area contributed by atoms with Crippen molar-refractivity contribution in [2.75, 3.05) is 31.1 Å². The SMILES string of the molecule is CCCN1CCCC1c1ccc(N(CC)CC)nc1. The summed E-state index contributed by atoms with van der Waals surface area (Å²) in [6.45, 7) is 11.1. The largest absolute Gasteiger partial charge is 0.357 e. The van der Waals surface area contributed by atoms with Crippen LogP contribution in [0.1, 0.15) is 51.6 Å². The topological polar surface area (TPSA) is 19.4 Å². The van der Waals surface area contributed by atoms with Gasteiger partial charge in [-0.1, -0.05) is 13.0 Å². The molecule has 3 nitrogen and oxygen atoms in total. The molecular weight excluding hydrogens is 234 g/mol. The minimum Gasteiger partial charge on any atom is -0.357 e. The van der Waals surface area contributed by atoms with Crippen LogP contribution in [0.15, 0.2) is 18.3 Å². The van der Waals surface area contributed by atoms with Gasteiger partial charge in [0.2, 0.25) is 0 Å². The lowest BCUT2D eigenvalue weighted by molar-refractivity contribution is 0.257. The fourth-order valence-electron chi connectivity index (χ4n) is 3.09. The highest BCUT2D eigenvalue weighted by atomic mass is 15.2. The monoisotopic (exact) mass is 261 g/mol. The summed E-state index contributed by atoms with van der Waals surface area (Å²) >= 11 is 0.